The average Bonchev–Trinajstić information content (AvgIpc) is 2.70. The fourth-order valence-corrected chi connectivity index (χ4v) is 3.47. The van der Waals surface area contributed by atoms with Gasteiger partial charge < -0.3 is 10.1 Å². The van der Waals surface area contributed by atoms with Gasteiger partial charge in [0.2, 0.25) is 0 Å². The number of carbonyl (C=O) groups is 1. The van der Waals surface area contributed by atoms with Crippen LogP contribution in [0.25, 0.3) is 0 Å². The summed E-state index contributed by atoms with van der Waals surface area (Å²) in [6, 6.07) is 21.7. The highest BCUT2D eigenvalue weighted by Gasteiger charge is 2.18. The van der Waals surface area contributed by atoms with Crippen LogP contribution < -0.4 is 10.1 Å². The largest absolute Gasteiger partial charge is 0.484 e. The summed E-state index contributed by atoms with van der Waals surface area (Å²) in [5, 5.41) is 3.13. The topological polar surface area (TPSA) is 38.3 Å². The summed E-state index contributed by atoms with van der Waals surface area (Å²) in [6.07, 6.45) is 0. The van der Waals surface area contributed by atoms with Crippen molar-refractivity contribution in [3.05, 3.63) is 99.0 Å². The number of hydrogen-bond donors (Lipinski definition) is 1. The van der Waals surface area contributed by atoms with Gasteiger partial charge in [0, 0.05) is 4.47 Å². The Hall–Kier alpha value is -2.59. The summed E-state index contributed by atoms with van der Waals surface area (Å²) in [5.74, 6) is 0.538. The Bertz CT molecular complexity index is 946. The third kappa shape index (κ3) is 4.82. The van der Waals surface area contributed by atoms with Gasteiger partial charge in [0.05, 0.1) is 6.04 Å². The van der Waals surface area contributed by atoms with Gasteiger partial charge in [-0.2, -0.15) is 0 Å². The van der Waals surface area contributed by atoms with Crippen molar-refractivity contribution in [1.82, 2.24) is 5.32 Å². The van der Waals surface area contributed by atoms with Gasteiger partial charge in [-0.05, 0) is 60.7 Å². The van der Waals surface area contributed by atoms with E-state index < -0.39 is 0 Å². The zero-order chi connectivity index (χ0) is 20.1. The smallest absolute Gasteiger partial charge is 0.258 e. The molecule has 0 unspecified atom stereocenters. The van der Waals surface area contributed by atoms with Crippen LogP contribution in [-0.2, 0) is 4.79 Å². The third-order valence-corrected chi connectivity index (χ3v) is 5.97. The van der Waals surface area contributed by atoms with E-state index >= 15 is 0 Å². The predicted molar refractivity (Wildman–Crippen MR) is 117 cm³/mol. The maximum absolute atomic E-state index is 12.7. The van der Waals surface area contributed by atoms with E-state index in [9.17, 15) is 4.79 Å². The molecule has 1 atom stereocenters. The molecule has 0 spiro atoms. The number of halogens is 1. The lowest BCUT2D eigenvalue weighted by atomic mass is 9.95. The molecule has 0 aliphatic carbocycles. The minimum absolute atomic E-state index is 0.0320. The van der Waals surface area contributed by atoms with Crippen molar-refractivity contribution in [3.63, 3.8) is 0 Å². The van der Waals surface area contributed by atoms with Crippen LogP contribution in [0.5, 0.6) is 5.75 Å². The summed E-state index contributed by atoms with van der Waals surface area (Å²) in [4.78, 5) is 12.7. The van der Waals surface area contributed by atoms with E-state index in [1.54, 1.807) is 0 Å². The van der Waals surface area contributed by atoms with Crippen LogP contribution in [-0.4, -0.2) is 12.5 Å². The molecule has 0 bridgehead atoms. The molecule has 0 saturated heterocycles. The second-order valence-corrected chi connectivity index (χ2v) is 7.72. The Labute approximate surface area is 174 Å². The van der Waals surface area contributed by atoms with Crippen LogP contribution in [0.3, 0.4) is 0 Å². The molecule has 0 radical (unpaired) electrons. The average molecular weight is 438 g/mol. The highest BCUT2D eigenvalue weighted by molar-refractivity contribution is 9.10. The molecule has 4 heteroatoms. The number of ether oxygens (including phenoxy) is 1. The Morgan fingerprint density at radius 2 is 1.54 bits per heavy atom. The van der Waals surface area contributed by atoms with E-state index in [4.69, 9.17) is 4.74 Å². The van der Waals surface area contributed by atoms with E-state index in [0.717, 1.165) is 32.3 Å². The quantitative estimate of drug-likeness (QED) is 0.540. The van der Waals surface area contributed by atoms with Gasteiger partial charge >= 0.3 is 0 Å². The van der Waals surface area contributed by atoms with Crippen LogP contribution >= 0.6 is 15.9 Å². The van der Waals surface area contributed by atoms with Crippen molar-refractivity contribution < 1.29 is 9.53 Å². The molecule has 1 amide bonds. The van der Waals surface area contributed by atoms with Crippen LogP contribution in [0.1, 0.15) is 33.9 Å². The summed E-state index contributed by atoms with van der Waals surface area (Å²) in [5.41, 5.74) is 5.42. The number of hydrogen-bond acceptors (Lipinski definition) is 2. The lowest BCUT2D eigenvalue weighted by Crippen LogP contribution is -2.33. The fraction of sp³-hybridized carbons (Fsp3) is 0.208. The second kappa shape index (κ2) is 9.07. The number of nitrogens with one attached hydrogen (secondary N) is 1. The Kier molecular flexibility index (Phi) is 6.53. The first-order chi connectivity index (χ1) is 13.5. The van der Waals surface area contributed by atoms with Crippen molar-refractivity contribution in [3.8, 4) is 5.75 Å². The first kappa shape index (κ1) is 20.2. The SMILES string of the molecule is Cc1ccccc1[C@H](NC(=O)COc1cc(C)c(Br)c(C)c1)c1ccccc1. The van der Waals surface area contributed by atoms with Crippen LogP contribution in [0, 0.1) is 20.8 Å². The molecule has 0 saturated carbocycles. The minimum atomic E-state index is -0.216. The first-order valence-electron chi connectivity index (χ1n) is 9.25. The second-order valence-electron chi connectivity index (χ2n) is 6.93. The molecule has 1 N–H and O–H groups in total. The molecule has 28 heavy (non-hydrogen) atoms. The summed E-state index contributed by atoms with van der Waals surface area (Å²) >= 11 is 3.55. The Morgan fingerprint density at radius 1 is 0.929 bits per heavy atom. The highest BCUT2D eigenvalue weighted by atomic mass is 79.9. The first-order valence-corrected chi connectivity index (χ1v) is 10.0. The third-order valence-electron chi connectivity index (χ3n) is 4.72. The van der Waals surface area contributed by atoms with Gasteiger partial charge in [-0.25, -0.2) is 0 Å². The molecule has 3 nitrogen and oxygen atoms in total. The van der Waals surface area contributed by atoms with Crippen molar-refractivity contribution in [2.75, 3.05) is 6.61 Å². The molecular formula is C24H24BrNO2. The van der Waals surface area contributed by atoms with Gasteiger partial charge in [-0.3, -0.25) is 4.79 Å². The van der Waals surface area contributed by atoms with Gasteiger partial charge in [-0.15, -0.1) is 0 Å². The van der Waals surface area contributed by atoms with Crippen LogP contribution in [0.2, 0.25) is 0 Å². The zero-order valence-electron chi connectivity index (χ0n) is 16.3. The number of rotatable bonds is 6. The fourth-order valence-electron chi connectivity index (χ4n) is 3.24. The van der Waals surface area contributed by atoms with Gasteiger partial charge in [0.1, 0.15) is 5.75 Å². The summed E-state index contributed by atoms with van der Waals surface area (Å²) < 4.78 is 6.82. The molecular weight excluding hydrogens is 414 g/mol. The van der Waals surface area contributed by atoms with Crippen molar-refractivity contribution >= 4 is 21.8 Å². The molecule has 0 fully saturated rings. The van der Waals surface area contributed by atoms with Crippen LogP contribution in [0.15, 0.2) is 71.2 Å². The number of amides is 1. The molecule has 0 aromatic heterocycles. The molecule has 3 aromatic carbocycles. The van der Waals surface area contributed by atoms with E-state index in [1.807, 2.05) is 68.4 Å². The standard InChI is InChI=1S/C24H24BrNO2/c1-16-9-7-8-12-21(16)24(19-10-5-4-6-11-19)26-22(27)15-28-20-13-17(2)23(25)18(3)14-20/h4-14,24H,15H2,1-3H3,(H,26,27)/t24-/m1/s1. The molecule has 0 aliphatic heterocycles. The molecule has 3 aromatic rings. The van der Waals surface area contributed by atoms with Crippen LogP contribution in [0.4, 0.5) is 0 Å². The maximum Gasteiger partial charge on any atom is 0.258 e. The zero-order valence-corrected chi connectivity index (χ0v) is 17.9. The van der Waals surface area contributed by atoms with Crippen molar-refractivity contribution in [2.24, 2.45) is 0 Å². The summed E-state index contributed by atoms with van der Waals surface area (Å²) in [7, 11) is 0. The van der Waals surface area contributed by atoms with Crippen molar-refractivity contribution in [2.45, 2.75) is 26.8 Å². The highest BCUT2D eigenvalue weighted by Crippen LogP contribution is 2.27. The predicted octanol–water partition coefficient (Wildman–Crippen LogP) is 5.66. The van der Waals surface area contributed by atoms with E-state index in [1.165, 1.54) is 0 Å². The number of benzene rings is 3. The Morgan fingerprint density at radius 3 is 2.18 bits per heavy atom. The minimum Gasteiger partial charge on any atom is -0.484 e. The summed E-state index contributed by atoms with van der Waals surface area (Å²) in [6.45, 7) is 6.04. The molecule has 144 valence electrons. The number of aryl methyl sites for hydroxylation is 3. The van der Waals surface area contributed by atoms with Crippen molar-refractivity contribution in [1.29, 1.82) is 0 Å². The van der Waals surface area contributed by atoms with Gasteiger partial charge in [0.25, 0.3) is 5.91 Å². The van der Waals surface area contributed by atoms with E-state index in [-0.39, 0.29) is 18.6 Å². The monoisotopic (exact) mass is 437 g/mol. The molecule has 0 heterocycles. The Balaban J connectivity index is 1.76. The number of carbonyl (C=O) groups excluding carboxylic acids is 1. The lowest BCUT2D eigenvalue weighted by Gasteiger charge is -2.22. The lowest BCUT2D eigenvalue weighted by molar-refractivity contribution is -0.123. The molecule has 3 rings (SSSR count). The molecule has 0 aliphatic rings. The normalized spacial score (nSPS) is 11.7. The maximum atomic E-state index is 12.7. The van der Waals surface area contributed by atoms with E-state index in [2.05, 4.69) is 40.3 Å². The van der Waals surface area contributed by atoms with E-state index in [0.29, 0.717) is 5.75 Å². The van der Waals surface area contributed by atoms with Gasteiger partial charge in [0.15, 0.2) is 6.61 Å². The van der Waals surface area contributed by atoms with Gasteiger partial charge in [-0.1, -0.05) is 70.5 Å².